The summed E-state index contributed by atoms with van der Waals surface area (Å²) in [7, 11) is 1.68. The van der Waals surface area contributed by atoms with Crippen LogP contribution in [0.4, 0.5) is 0 Å². The maximum Gasteiger partial charge on any atom is 0.118 e. The van der Waals surface area contributed by atoms with Gasteiger partial charge in [0, 0.05) is 19.0 Å². The van der Waals surface area contributed by atoms with Crippen molar-refractivity contribution in [3.05, 3.63) is 29.8 Å². The van der Waals surface area contributed by atoms with E-state index in [4.69, 9.17) is 22.7 Å². The molecule has 1 rings (SSSR count). The highest BCUT2D eigenvalue weighted by atomic mass is 32.1. The number of nitrogens with two attached hydrogens (primary N) is 1. The average Bonchev–Trinajstić information content (AvgIpc) is 2.38. The molecular formula is C14H22N2OS. The van der Waals surface area contributed by atoms with Crippen molar-refractivity contribution in [3.8, 4) is 5.75 Å². The smallest absolute Gasteiger partial charge is 0.118 e. The number of ether oxygens (including phenoxy) is 1. The molecule has 0 fully saturated rings. The number of rotatable bonds is 7. The first kappa shape index (κ1) is 14.9. The molecule has 0 aliphatic heterocycles. The van der Waals surface area contributed by atoms with Gasteiger partial charge in [0.25, 0.3) is 0 Å². The van der Waals surface area contributed by atoms with Crippen molar-refractivity contribution >= 4 is 17.2 Å². The molecule has 0 heterocycles. The van der Waals surface area contributed by atoms with Gasteiger partial charge < -0.3 is 10.5 Å². The fourth-order valence-electron chi connectivity index (χ4n) is 1.77. The zero-order chi connectivity index (χ0) is 13.5. The Balaban J connectivity index is 2.58. The molecule has 1 aromatic rings. The van der Waals surface area contributed by atoms with Crippen LogP contribution in [0.25, 0.3) is 0 Å². The van der Waals surface area contributed by atoms with E-state index in [0.717, 1.165) is 25.4 Å². The Labute approximate surface area is 115 Å². The van der Waals surface area contributed by atoms with Crippen molar-refractivity contribution in [3.63, 3.8) is 0 Å². The van der Waals surface area contributed by atoms with Gasteiger partial charge in [-0.15, -0.1) is 0 Å². The van der Waals surface area contributed by atoms with E-state index in [1.165, 1.54) is 5.56 Å². The summed E-state index contributed by atoms with van der Waals surface area (Å²) >= 11 is 5.02. The molecule has 1 atom stereocenters. The molecule has 0 aromatic heterocycles. The first-order valence-electron chi connectivity index (χ1n) is 6.21. The Bertz CT molecular complexity index is 378. The molecule has 18 heavy (non-hydrogen) atoms. The van der Waals surface area contributed by atoms with Crippen LogP contribution in [-0.2, 0) is 6.54 Å². The van der Waals surface area contributed by atoms with E-state index in [1.807, 2.05) is 12.1 Å². The highest BCUT2D eigenvalue weighted by molar-refractivity contribution is 7.80. The van der Waals surface area contributed by atoms with Crippen LogP contribution in [0.15, 0.2) is 24.3 Å². The summed E-state index contributed by atoms with van der Waals surface area (Å²) in [5.74, 6) is 1.14. The van der Waals surface area contributed by atoms with E-state index in [1.54, 1.807) is 7.11 Å². The van der Waals surface area contributed by atoms with Gasteiger partial charge in [-0.2, -0.15) is 0 Å². The minimum Gasteiger partial charge on any atom is -0.497 e. The van der Waals surface area contributed by atoms with E-state index in [9.17, 15) is 0 Å². The van der Waals surface area contributed by atoms with Crippen molar-refractivity contribution in [2.75, 3.05) is 20.2 Å². The van der Waals surface area contributed by atoms with Gasteiger partial charge in [0.2, 0.25) is 0 Å². The maximum absolute atomic E-state index is 5.66. The van der Waals surface area contributed by atoms with Crippen molar-refractivity contribution in [1.29, 1.82) is 0 Å². The van der Waals surface area contributed by atoms with Crippen LogP contribution >= 0.6 is 12.2 Å². The zero-order valence-electron chi connectivity index (χ0n) is 11.3. The number of methoxy groups -OCH3 is 1. The second kappa shape index (κ2) is 7.34. The standard InChI is InChI=1S/C14H22N2OS/c1-4-16(9-11(2)14(15)18)10-12-5-7-13(17-3)8-6-12/h5-8,11H,4,9-10H2,1-3H3,(H2,15,18). The minimum atomic E-state index is 0.248. The third-order valence-electron chi connectivity index (χ3n) is 3.03. The van der Waals surface area contributed by atoms with Gasteiger partial charge in [-0.1, -0.05) is 38.2 Å². The van der Waals surface area contributed by atoms with Crippen LogP contribution in [0.5, 0.6) is 5.75 Å². The lowest BCUT2D eigenvalue weighted by molar-refractivity contribution is 0.264. The van der Waals surface area contributed by atoms with E-state index < -0.39 is 0 Å². The average molecular weight is 266 g/mol. The Morgan fingerprint density at radius 3 is 2.44 bits per heavy atom. The first-order chi connectivity index (χ1) is 8.56. The number of hydrogen-bond acceptors (Lipinski definition) is 3. The van der Waals surface area contributed by atoms with Crippen LogP contribution in [0.2, 0.25) is 0 Å². The van der Waals surface area contributed by atoms with Gasteiger partial charge in [-0.3, -0.25) is 4.90 Å². The first-order valence-corrected chi connectivity index (χ1v) is 6.62. The fourth-order valence-corrected chi connectivity index (χ4v) is 1.85. The van der Waals surface area contributed by atoms with Crippen LogP contribution in [0.1, 0.15) is 19.4 Å². The number of thiocarbonyl (C=S) groups is 1. The normalized spacial score (nSPS) is 12.4. The lowest BCUT2D eigenvalue weighted by atomic mass is 10.1. The molecule has 100 valence electrons. The van der Waals surface area contributed by atoms with Crippen LogP contribution in [0.3, 0.4) is 0 Å². The largest absolute Gasteiger partial charge is 0.497 e. The van der Waals surface area contributed by atoms with Crippen molar-refractivity contribution in [1.82, 2.24) is 4.90 Å². The summed E-state index contributed by atoms with van der Waals surface area (Å²) in [6.45, 7) is 7.01. The second-order valence-corrected chi connectivity index (χ2v) is 4.95. The lowest BCUT2D eigenvalue weighted by Gasteiger charge is -2.23. The second-order valence-electron chi connectivity index (χ2n) is 4.48. The Morgan fingerprint density at radius 2 is 2.00 bits per heavy atom. The molecule has 0 bridgehead atoms. The summed E-state index contributed by atoms with van der Waals surface area (Å²) < 4.78 is 5.15. The quantitative estimate of drug-likeness (QED) is 0.769. The summed E-state index contributed by atoms with van der Waals surface area (Å²) in [6.07, 6.45) is 0. The molecule has 0 aliphatic carbocycles. The molecule has 4 heteroatoms. The molecule has 2 N–H and O–H groups in total. The molecule has 0 spiro atoms. The van der Waals surface area contributed by atoms with Gasteiger partial charge in [-0.05, 0) is 24.2 Å². The fraction of sp³-hybridized carbons (Fsp3) is 0.500. The van der Waals surface area contributed by atoms with Gasteiger partial charge in [0.15, 0.2) is 0 Å². The minimum absolute atomic E-state index is 0.248. The van der Waals surface area contributed by atoms with Crippen molar-refractivity contribution < 1.29 is 4.74 Å². The third-order valence-corrected chi connectivity index (χ3v) is 3.43. The third kappa shape index (κ3) is 4.63. The molecular weight excluding hydrogens is 244 g/mol. The van der Waals surface area contributed by atoms with E-state index >= 15 is 0 Å². The number of hydrogen-bond donors (Lipinski definition) is 1. The summed E-state index contributed by atoms with van der Waals surface area (Å²) in [5.41, 5.74) is 6.93. The van der Waals surface area contributed by atoms with E-state index in [-0.39, 0.29) is 5.92 Å². The van der Waals surface area contributed by atoms with Crippen molar-refractivity contribution in [2.45, 2.75) is 20.4 Å². The highest BCUT2D eigenvalue weighted by Gasteiger charge is 2.11. The van der Waals surface area contributed by atoms with Gasteiger partial charge in [-0.25, -0.2) is 0 Å². The maximum atomic E-state index is 5.66. The predicted molar refractivity (Wildman–Crippen MR) is 79.9 cm³/mol. The molecule has 3 nitrogen and oxygen atoms in total. The van der Waals surface area contributed by atoms with Crippen LogP contribution in [-0.4, -0.2) is 30.1 Å². The summed E-state index contributed by atoms with van der Waals surface area (Å²) in [4.78, 5) is 2.93. The molecule has 1 unspecified atom stereocenters. The highest BCUT2D eigenvalue weighted by Crippen LogP contribution is 2.13. The SMILES string of the molecule is CCN(Cc1ccc(OC)cc1)CC(C)C(N)=S. The molecule has 1 aromatic carbocycles. The topological polar surface area (TPSA) is 38.5 Å². The molecule has 0 radical (unpaired) electrons. The number of benzene rings is 1. The van der Waals surface area contributed by atoms with Gasteiger partial charge >= 0.3 is 0 Å². The molecule has 0 saturated carbocycles. The monoisotopic (exact) mass is 266 g/mol. The number of nitrogens with zero attached hydrogens (tertiary/aromatic N) is 1. The molecule has 0 saturated heterocycles. The van der Waals surface area contributed by atoms with Crippen LogP contribution < -0.4 is 10.5 Å². The Morgan fingerprint density at radius 1 is 1.39 bits per heavy atom. The van der Waals surface area contributed by atoms with Crippen molar-refractivity contribution in [2.24, 2.45) is 11.7 Å². The molecule has 0 aliphatic rings. The van der Waals surface area contributed by atoms with Gasteiger partial charge in [0.05, 0.1) is 12.1 Å². The predicted octanol–water partition coefficient (Wildman–Crippen LogP) is 2.44. The Kier molecular flexibility index (Phi) is 6.09. The summed E-state index contributed by atoms with van der Waals surface area (Å²) in [6, 6.07) is 8.15. The molecule has 0 amide bonds. The Hall–Kier alpha value is -1.13. The van der Waals surface area contributed by atoms with E-state index in [0.29, 0.717) is 4.99 Å². The lowest BCUT2D eigenvalue weighted by Crippen LogP contribution is -2.33. The van der Waals surface area contributed by atoms with E-state index in [2.05, 4.69) is 30.9 Å². The zero-order valence-corrected chi connectivity index (χ0v) is 12.2. The van der Waals surface area contributed by atoms with Gasteiger partial charge in [0.1, 0.15) is 5.75 Å². The summed E-state index contributed by atoms with van der Waals surface area (Å²) in [5, 5.41) is 0. The van der Waals surface area contributed by atoms with Crippen LogP contribution in [0, 0.1) is 5.92 Å².